The van der Waals surface area contributed by atoms with Gasteiger partial charge in [-0.3, -0.25) is 9.78 Å². The molecule has 32 heavy (non-hydrogen) atoms. The second kappa shape index (κ2) is 6.97. The van der Waals surface area contributed by atoms with Crippen LogP contribution in [0.3, 0.4) is 0 Å². The van der Waals surface area contributed by atoms with Crippen molar-refractivity contribution in [2.24, 2.45) is 0 Å². The average molecular weight is 446 g/mol. The Morgan fingerprint density at radius 3 is 2.81 bits per heavy atom. The SMILES string of the molecule is CN1Cc2c(cncc2-c2ccc3ncnc(N4CCc5cc(F)c(Cl)cc54)c3c2)C1=O. The number of hydrogen-bond acceptors (Lipinski definition) is 5. The molecule has 2 aliphatic rings. The smallest absolute Gasteiger partial charge is 0.255 e. The molecule has 0 bridgehead atoms. The second-order valence-electron chi connectivity index (χ2n) is 8.10. The quantitative estimate of drug-likeness (QED) is 0.445. The van der Waals surface area contributed by atoms with Crippen molar-refractivity contribution in [1.82, 2.24) is 19.9 Å². The first-order valence-corrected chi connectivity index (χ1v) is 10.6. The molecule has 0 aliphatic carbocycles. The van der Waals surface area contributed by atoms with E-state index in [1.165, 1.54) is 12.4 Å². The molecule has 0 saturated carbocycles. The zero-order valence-electron chi connectivity index (χ0n) is 17.1. The summed E-state index contributed by atoms with van der Waals surface area (Å²) in [5.41, 5.74) is 6.03. The van der Waals surface area contributed by atoms with Gasteiger partial charge in [-0.2, -0.15) is 0 Å². The highest BCUT2D eigenvalue weighted by molar-refractivity contribution is 6.31. The molecule has 0 N–H and O–H groups in total. The van der Waals surface area contributed by atoms with Crippen LogP contribution < -0.4 is 4.90 Å². The Kier molecular flexibility index (Phi) is 4.16. The topological polar surface area (TPSA) is 62.2 Å². The van der Waals surface area contributed by atoms with Crippen molar-refractivity contribution in [3.8, 4) is 11.1 Å². The molecular formula is C24H17ClFN5O. The van der Waals surface area contributed by atoms with Gasteiger partial charge in [-0.1, -0.05) is 17.7 Å². The van der Waals surface area contributed by atoms with E-state index in [2.05, 4.69) is 19.9 Å². The molecule has 0 fully saturated rings. The van der Waals surface area contributed by atoms with Gasteiger partial charge in [-0.15, -0.1) is 0 Å². The molecule has 158 valence electrons. The molecule has 8 heteroatoms. The van der Waals surface area contributed by atoms with Gasteiger partial charge in [0, 0.05) is 49.2 Å². The number of aromatic nitrogens is 3. The minimum Gasteiger partial charge on any atom is -0.337 e. The lowest BCUT2D eigenvalue weighted by Crippen LogP contribution is -2.17. The van der Waals surface area contributed by atoms with Gasteiger partial charge in [0.05, 0.1) is 16.1 Å². The highest BCUT2D eigenvalue weighted by atomic mass is 35.5. The zero-order chi connectivity index (χ0) is 22.0. The third-order valence-electron chi connectivity index (χ3n) is 6.23. The standard InChI is InChI=1S/C24H17ClFN5O/c1-30-11-18-16(9-27-10-17(18)24(30)32)13-2-3-21-15(6-13)23(29-12-28-21)31-5-4-14-7-20(26)19(25)8-22(14)31/h2-3,6-10,12H,4-5,11H2,1H3. The van der Waals surface area contributed by atoms with Crippen molar-refractivity contribution in [2.45, 2.75) is 13.0 Å². The van der Waals surface area contributed by atoms with Crippen LogP contribution >= 0.6 is 11.6 Å². The fourth-order valence-electron chi connectivity index (χ4n) is 4.63. The Morgan fingerprint density at radius 2 is 1.94 bits per heavy atom. The summed E-state index contributed by atoms with van der Waals surface area (Å²) in [4.78, 5) is 29.5. The second-order valence-corrected chi connectivity index (χ2v) is 8.51. The summed E-state index contributed by atoms with van der Waals surface area (Å²) in [6.07, 6.45) is 5.67. The number of carbonyl (C=O) groups excluding carboxylic acids is 1. The van der Waals surface area contributed by atoms with Crippen LogP contribution in [0.2, 0.25) is 5.02 Å². The number of hydrogen-bond donors (Lipinski definition) is 0. The molecule has 4 heterocycles. The van der Waals surface area contributed by atoms with Crippen LogP contribution in [0.4, 0.5) is 15.9 Å². The molecule has 0 spiro atoms. The van der Waals surface area contributed by atoms with E-state index in [1.54, 1.807) is 30.4 Å². The molecule has 0 saturated heterocycles. The summed E-state index contributed by atoms with van der Waals surface area (Å²) in [6, 6.07) is 9.13. The Morgan fingerprint density at radius 1 is 1.09 bits per heavy atom. The average Bonchev–Trinajstić information content (AvgIpc) is 3.33. The van der Waals surface area contributed by atoms with Gasteiger partial charge in [0.2, 0.25) is 0 Å². The minimum absolute atomic E-state index is 0.0167. The van der Waals surface area contributed by atoms with E-state index in [-0.39, 0.29) is 10.9 Å². The molecule has 6 rings (SSSR count). The van der Waals surface area contributed by atoms with E-state index < -0.39 is 5.82 Å². The number of fused-ring (bicyclic) bond motifs is 3. The van der Waals surface area contributed by atoms with Gasteiger partial charge in [-0.25, -0.2) is 14.4 Å². The molecule has 2 aliphatic heterocycles. The fourth-order valence-corrected chi connectivity index (χ4v) is 4.79. The van der Waals surface area contributed by atoms with Crippen molar-refractivity contribution < 1.29 is 9.18 Å². The van der Waals surface area contributed by atoms with Crippen LogP contribution in [-0.2, 0) is 13.0 Å². The number of rotatable bonds is 2. The number of benzene rings is 2. The fraction of sp³-hybridized carbons (Fsp3) is 0.167. The summed E-state index contributed by atoms with van der Waals surface area (Å²) in [5.74, 6) is 0.316. The molecule has 2 aromatic carbocycles. The predicted octanol–water partition coefficient (Wildman–Crippen LogP) is 4.76. The lowest BCUT2D eigenvalue weighted by Gasteiger charge is -2.20. The van der Waals surface area contributed by atoms with E-state index in [4.69, 9.17) is 11.6 Å². The summed E-state index contributed by atoms with van der Waals surface area (Å²) in [7, 11) is 1.79. The van der Waals surface area contributed by atoms with Crippen molar-refractivity contribution in [3.63, 3.8) is 0 Å². The largest absolute Gasteiger partial charge is 0.337 e. The van der Waals surface area contributed by atoms with Crippen molar-refractivity contribution in [3.05, 3.63) is 76.6 Å². The monoisotopic (exact) mass is 445 g/mol. The first kappa shape index (κ1) is 19.1. The van der Waals surface area contributed by atoms with Gasteiger partial charge < -0.3 is 9.80 Å². The third-order valence-corrected chi connectivity index (χ3v) is 6.52. The lowest BCUT2D eigenvalue weighted by atomic mass is 9.98. The van der Waals surface area contributed by atoms with Crippen molar-refractivity contribution >= 4 is 39.9 Å². The van der Waals surface area contributed by atoms with Gasteiger partial charge in [0.15, 0.2) is 0 Å². The summed E-state index contributed by atoms with van der Waals surface area (Å²) >= 11 is 6.07. The predicted molar refractivity (Wildman–Crippen MR) is 121 cm³/mol. The highest BCUT2D eigenvalue weighted by Gasteiger charge is 2.28. The van der Waals surface area contributed by atoms with Gasteiger partial charge in [-0.05, 0) is 47.4 Å². The maximum Gasteiger partial charge on any atom is 0.255 e. The number of halogens is 2. The van der Waals surface area contributed by atoms with Crippen LogP contribution in [0.15, 0.2) is 49.1 Å². The van der Waals surface area contributed by atoms with Crippen LogP contribution in [0.25, 0.3) is 22.0 Å². The normalized spacial score (nSPS) is 14.9. The van der Waals surface area contributed by atoms with E-state index in [1.807, 2.05) is 18.2 Å². The minimum atomic E-state index is -0.410. The van der Waals surface area contributed by atoms with Crippen LogP contribution in [-0.4, -0.2) is 39.4 Å². The summed E-state index contributed by atoms with van der Waals surface area (Å²) < 4.78 is 14.0. The zero-order valence-corrected chi connectivity index (χ0v) is 17.9. The van der Waals surface area contributed by atoms with E-state index in [0.29, 0.717) is 25.1 Å². The third kappa shape index (κ3) is 2.78. The highest BCUT2D eigenvalue weighted by Crippen LogP contribution is 2.40. The Labute approximate surface area is 188 Å². The van der Waals surface area contributed by atoms with E-state index in [0.717, 1.165) is 44.7 Å². The molecule has 6 nitrogen and oxygen atoms in total. The summed E-state index contributed by atoms with van der Waals surface area (Å²) in [5, 5.41) is 0.961. The molecule has 0 unspecified atom stereocenters. The molecular weight excluding hydrogens is 429 g/mol. The molecule has 0 atom stereocenters. The van der Waals surface area contributed by atoms with Gasteiger partial charge in [0.1, 0.15) is 18.0 Å². The van der Waals surface area contributed by atoms with Crippen LogP contribution in [0, 0.1) is 5.82 Å². The van der Waals surface area contributed by atoms with E-state index in [9.17, 15) is 9.18 Å². The number of nitrogens with zero attached hydrogens (tertiary/aromatic N) is 5. The van der Waals surface area contributed by atoms with Crippen molar-refractivity contribution in [2.75, 3.05) is 18.5 Å². The number of carbonyl (C=O) groups is 1. The number of amides is 1. The first-order chi connectivity index (χ1) is 15.5. The molecule has 0 radical (unpaired) electrons. The Hall–Kier alpha value is -3.58. The summed E-state index contributed by atoms with van der Waals surface area (Å²) in [6.45, 7) is 1.22. The maximum atomic E-state index is 14.0. The van der Waals surface area contributed by atoms with Crippen molar-refractivity contribution in [1.29, 1.82) is 0 Å². The first-order valence-electron chi connectivity index (χ1n) is 10.2. The maximum absolute atomic E-state index is 14.0. The Bertz CT molecular complexity index is 1440. The molecule has 4 aromatic rings. The lowest BCUT2D eigenvalue weighted by molar-refractivity contribution is 0.0816. The van der Waals surface area contributed by atoms with Gasteiger partial charge in [0.25, 0.3) is 5.91 Å². The van der Waals surface area contributed by atoms with Crippen LogP contribution in [0.5, 0.6) is 0 Å². The van der Waals surface area contributed by atoms with Gasteiger partial charge >= 0.3 is 0 Å². The number of pyridine rings is 1. The molecule has 2 aromatic heterocycles. The van der Waals surface area contributed by atoms with Crippen LogP contribution in [0.1, 0.15) is 21.5 Å². The van der Waals surface area contributed by atoms with E-state index >= 15 is 0 Å². The number of anilines is 2. The Balaban J connectivity index is 1.51. The molecule has 1 amide bonds.